The summed E-state index contributed by atoms with van der Waals surface area (Å²) in [7, 11) is 0. The van der Waals surface area contributed by atoms with Crippen LogP contribution in [0.4, 0.5) is 5.82 Å². The number of rotatable bonds is 3. The highest BCUT2D eigenvalue weighted by molar-refractivity contribution is 5.80. The van der Waals surface area contributed by atoms with Crippen molar-refractivity contribution in [3.05, 3.63) is 36.4 Å². The normalized spacial score (nSPS) is 12.9. The van der Waals surface area contributed by atoms with E-state index in [0.29, 0.717) is 22.5 Å². The van der Waals surface area contributed by atoms with Gasteiger partial charge in [-0.15, -0.1) is 0 Å². The first-order chi connectivity index (χ1) is 11.7. The van der Waals surface area contributed by atoms with Crippen LogP contribution in [0.2, 0.25) is 0 Å². The number of nitrogens with zero attached hydrogens (tertiary/aromatic N) is 3. The molecule has 0 aliphatic carbocycles. The molecule has 25 heavy (non-hydrogen) atoms. The SMILES string of the molecule is CC(N)(Cc1ccc(O)c(O)c1)C(=O)O.Nc1ncnc2nc[nH]c12. The van der Waals surface area contributed by atoms with Gasteiger partial charge in [0.2, 0.25) is 0 Å². The molecule has 0 aliphatic rings. The number of hydrogen-bond donors (Lipinski definition) is 6. The second-order valence-corrected chi connectivity index (χ2v) is 5.58. The molecule has 8 N–H and O–H groups in total. The van der Waals surface area contributed by atoms with Crippen LogP contribution in [0.1, 0.15) is 12.5 Å². The fourth-order valence-corrected chi connectivity index (χ4v) is 1.96. The number of aromatic amines is 1. The number of imidazole rings is 1. The number of aromatic hydroxyl groups is 2. The summed E-state index contributed by atoms with van der Waals surface area (Å²) in [5.41, 5.74) is 11.5. The Morgan fingerprint density at radius 1 is 1.24 bits per heavy atom. The Hall–Kier alpha value is -3.40. The highest BCUT2D eigenvalue weighted by atomic mass is 16.4. The second-order valence-electron chi connectivity index (χ2n) is 5.58. The predicted octanol–water partition coefficient (Wildman–Crippen LogP) is 0.377. The van der Waals surface area contributed by atoms with Crippen LogP contribution in [0.3, 0.4) is 0 Å². The molecule has 3 rings (SSSR count). The van der Waals surface area contributed by atoms with Gasteiger partial charge in [-0.25, -0.2) is 15.0 Å². The average Bonchev–Trinajstić information content (AvgIpc) is 3.01. The van der Waals surface area contributed by atoms with Crippen LogP contribution in [-0.4, -0.2) is 46.8 Å². The van der Waals surface area contributed by atoms with Crippen molar-refractivity contribution in [1.82, 2.24) is 19.9 Å². The van der Waals surface area contributed by atoms with E-state index in [-0.39, 0.29) is 17.9 Å². The van der Waals surface area contributed by atoms with E-state index in [9.17, 15) is 9.90 Å². The average molecular weight is 346 g/mol. The summed E-state index contributed by atoms with van der Waals surface area (Å²) in [5.74, 6) is -1.21. The molecule has 0 bridgehead atoms. The molecule has 10 heteroatoms. The molecule has 1 atom stereocenters. The van der Waals surface area contributed by atoms with Gasteiger partial charge in [-0.1, -0.05) is 6.07 Å². The van der Waals surface area contributed by atoms with Crippen molar-refractivity contribution < 1.29 is 20.1 Å². The number of anilines is 1. The Morgan fingerprint density at radius 3 is 2.56 bits per heavy atom. The van der Waals surface area contributed by atoms with Crippen molar-refractivity contribution in [2.45, 2.75) is 18.9 Å². The van der Waals surface area contributed by atoms with Crippen molar-refractivity contribution in [2.75, 3.05) is 5.73 Å². The van der Waals surface area contributed by atoms with Gasteiger partial charge in [-0.3, -0.25) is 4.79 Å². The molecule has 3 aromatic rings. The third kappa shape index (κ3) is 4.32. The van der Waals surface area contributed by atoms with E-state index in [4.69, 9.17) is 21.7 Å². The van der Waals surface area contributed by atoms with Gasteiger partial charge < -0.3 is 31.8 Å². The molecule has 10 nitrogen and oxygen atoms in total. The molecular weight excluding hydrogens is 328 g/mol. The number of nitrogens with one attached hydrogen (secondary N) is 1. The first-order valence-electron chi connectivity index (χ1n) is 7.13. The van der Waals surface area contributed by atoms with E-state index >= 15 is 0 Å². The highest BCUT2D eigenvalue weighted by Gasteiger charge is 2.28. The number of nitrogen functional groups attached to an aromatic ring is 1. The third-order valence-corrected chi connectivity index (χ3v) is 3.35. The summed E-state index contributed by atoms with van der Waals surface area (Å²) in [4.78, 5) is 25.1. The van der Waals surface area contributed by atoms with Crippen LogP contribution >= 0.6 is 0 Å². The Morgan fingerprint density at radius 2 is 1.96 bits per heavy atom. The van der Waals surface area contributed by atoms with Crippen LogP contribution in [0.15, 0.2) is 30.9 Å². The monoisotopic (exact) mass is 346 g/mol. The van der Waals surface area contributed by atoms with Crippen molar-refractivity contribution in [1.29, 1.82) is 0 Å². The summed E-state index contributed by atoms with van der Waals surface area (Å²) in [6.45, 7) is 1.39. The van der Waals surface area contributed by atoms with Gasteiger partial charge in [0.05, 0.1) is 6.33 Å². The van der Waals surface area contributed by atoms with Gasteiger partial charge in [0, 0.05) is 6.42 Å². The van der Waals surface area contributed by atoms with Crippen LogP contribution < -0.4 is 11.5 Å². The Balaban J connectivity index is 0.000000194. The van der Waals surface area contributed by atoms with E-state index in [1.165, 1.54) is 37.8 Å². The molecule has 0 fully saturated rings. The van der Waals surface area contributed by atoms with Crippen molar-refractivity contribution in [3.8, 4) is 11.5 Å². The fraction of sp³-hybridized carbons (Fsp3) is 0.200. The van der Waals surface area contributed by atoms with Crippen LogP contribution in [0.25, 0.3) is 11.2 Å². The zero-order chi connectivity index (χ0) is 18.6. The van der Waals surface area contributed by atoms with E-state index in [1.54, 1.807) is 0 Å². The summed E-state index contributed by atoms with van der Waals surface area (Å²) < 4.78 is 0. The molecule has 0 saturated carbocycles. The van der Waals surface area contributed by atoms with Gasteiger partial charge >= 0.3 is 5.97 Å². The maximum atomic E-state index is 10.7. The van der Waals surface area contributed by atoms with Crippen LogP contribution in [-0.2, 0) is 11.2 Å². The minimum Gasteiger partial charge on any atom is -0.504 e. The maximum Gasteiger partial charge on any atom is 0.323 e. The standard InChI is InChI=1S/C10H13NO4.C5H5N5/c1-10(11,9(14)15)5-6-2-3-7(12)8(13)4-6;6-4-3-5(9-1-7-3)10-2-8-4/h2-4,12-13H,5,11H2,1H3,(H,14,15);1-2H,(H3,6,7,8,9,10). The summed E-state index contributed by atoms with van der Waals surface area (Å²) in [5, 5.41) is 27.0. The lowest BCUT2D eigenvalue weighted by molar-refractivity contribution is -0.142. The summed E-state index contributed by atoms with van der Waals surface area (Å²) in [6.07, 6.45) is 3.00. The van der Waals surface area contributed by atoms with Gasteiger partial charge in [0.25, 0.3) is 0 Å². The topological polar surface area (TPSA) is 184 Å². The first kappa shape index (κ1) is 17.9. The molecule has 2 heterocycles. The Bertz CT molecular complexity index is 893. The molecule has 0 spiro atoms. The lowest BCUT2D eigenvalue weighted by Gasteiger charge is -2.19. The molecule has 1 aromatic carbocycles. The zero-order valence-corrected chi connectivity index (χ0v) is 13.3. The van der Waals surface area contributed by atoms with Gasteiger partial charge in [0.1, 0.15) is 17.4 Å². The molecule has 0 amide bonds. The van der Waals surface area contributed by atoms with Gasteiger partial charge in [0.15, 0.2) is 23.0 Å². The summed E-state index contributed by atoms with van der Waals surface area (Å²) >= 11 is 0. The number of benzene rings is 1. The minimum atomic E-state index is -1.39. The smallest absolute Gasteiger partial charge is 0.323 e. The third-order valence-electron chi connectivity index (χ3n) is 3.35. The fourth-order valence-electron chi connectivity index (χ4n) is 1.96. The molecule has 0 saturated heterocycles. The number of carboxylic acids is 1. The number of aromatic nitrogens is 4. The number of carbonyl (C=O) groups is 1. The van der Waals surface area contributed by atoms with E-state index in [2.05, 4.69) is 19.9 Å². The molecule has 0 radical (unpaired) electrons. The predicted molar refractivity (Wildman–Crippen MR) is 89.8 cm³/mol. The lowest BCUT2D eigenvalue weighted by atomic mass is 9.94. The number of fused-ring (bicyclic) bond motifs is 1. The Kier molecular flexibility index (Phi) is 5.03. The number of phenols is 2. The number of H-pyrrole nitrogens is 1. The first-order valence-corrected chi connectivity index (χ1v) is 7.13. The number of aliphatic carboxylic acids is 1. The molecule has 1 unspecified atom stereocenters. The summed E-state index contributed by atoms with van der Waals surface area (Å²) in [6, 6.07) is 4.11. The lowest BCUT2D eigenvalue weighted by Crippen LogP contribution is -2.46. The number of carboxylic acid groups (broad SMARTS) is 1. The van der Waals surface area contributed by atoms with E-state index in [1.807, 2.05) is 0 Å². The number of phenolic OH excluding ortho intramolecular Hbond substituents is 2. The number of hydrogen-bond acceptors (Lipinski definition) is 8. The second kappa shape index (κ2) is 7.01. The maximum absolute atomic E-state index is 10.7. The quantitative estimate of drug-likeness (QED) is 0.365. The highest BCUT2D eigenvalue weighted by Crippen LogP contribution is 2.26. The molecule has 0 aliphatic heterocycles. The van der Waals surface area contributed by atoms with Gasteiger partial charge in [-0.2, -0.15) is 0 Å². The van der Waals surface area contributed by atoms with Crippen LogP contribution in [0, 0.1) is 0 Å². The minimum absolute atomic E-state index is 0.0795. The molecular formula is C15H18N6O4. The van der Waals surface area contributed by atoms with Crippen molar-refractivity contribution in [3.63, 3.8) is 0 Å². The molecule has 132 valence electrons. The van der Waals surface area contributed by atoms with E-state index in [0.717, 1.165) is 0 Å². The zero-order valence-electron chi connectivity index (χ0n) is 13.3. The van der Waals surface area contributed by atoms with Crippen molar-refractivity contribution >= 4 is 23.0 Å². The van der Waals surface area contributed by atoms with Crippen molar-refractivity contribution in [2.24, 2.45) is 5.73 Å². The Labute approximate surface area is 142 Å². The van der Waals surface area contributed by atoms with Crippen LogP contribution in [0.5, 0.6) is 11.5 Å². The van der Waals surface area contributed by atoms with E-state index < -0.39 is 11.5 Å². The molecule has 2 aromatic heterocycles. The number of nitrogens with two attached hydrogens (primary N) is 2. The largest absolute Gasteiger partial charge is 0.504 e. The van der Waals surface area contributed by atoms with Gasteiger partial charge in [-0.05, 0) is 24.6 Å².